The molecule has 1 aromatic rings. The van der Waals surface area contributed by atoms with Crippen molar-refractivity contribution in [1.29, 1.82) is 0 Å². The molecule has 118 valence electrons. The summed E-state index contributed by atoms with van der Waals surface area (Å²) in [6, 6.07) is 2.63. The van der Waals surface area contributed by atoms with Crippen molar-refractivity contribution in [1.82, 2.24) is 9.88 Å². The molecule has 1 aliphatic rings. The zero-order chi connectivity index (χ0) is 15.6. The van der Waals surface area contributed by atoms with E-state index in [-0.39, 0.29) is 12.6 Å². The van der Waals surface area contributed by atoms with Gasteiger partial charge in [0.25, 0.3) is 0 Å². The lowest BCUT2D eigenvalue weighted by Gasteiger charge is -2.30. The quantitative estimate of drug-likeness (QED) is 0.925. The van der Waals surface area contributed by atoms with Crippen LogP contribution in [0.4, 0.5) is 19.0 Å². The summed E-state index contributed by atoms with van der Waals surface area (Å²) in [5, 5.41) is 0. The first-order chi connectivity index (χ1) is 9.82. The van der Waals surface area contributed by atoms with Crippen molar-refractivity contribution in [3.8, 4) is 0 Å². The molecule has 7 heteroatoms. The zero-order valence-corrected chi connectivity index (χ0v) is 12.3. The van der Waals surface area contributed by atoms with Gasteiger partial charge in [-0.25, -0.2) is 4.98 Å². The third-order valence-electron chi connectivity index (χ3n) is 3.69. The Hall–Kier alpha value is -1.34. The molecule has 0 saturated carbocycles. The van der Waals surface area contributed by atoms with Crippen LogP contribution in [0.1, 0.15) is 24.1 Å². The van der Waals surface area contributed by atoms with Crippen LogP contribution in [-0.2, 0) is 12.7 Å². The number of pyridine rings is 1. The lowest BCUT2D eigenvalue weighted by Crippen LogP contribution is -2.39. The number of hydrogen-bond acceptors (Lipinski definition) is 4. The van der Waals surface area contributed by atoms with E-state index in [9.17, 15) is 13.2 Å². The Morgan fingerprint density at radius 2 is 2.10 bits per heavy atom. The third kappa shape index (κ3) is 3.65. The highest BCUT2D eigenvalue weighted by Gasteiger charge is 2.35. The van der Waals surface area contributed by atoms with Crippen molar-refractivity contribution in [3.05, 3.63) is 23.4 Å². The van der Waals surface area contributed by atoms with E-state index in [0.29, 0.717) is 11.4 Å². The van der Waals surface area contributed by atoms with Gasteiger partial charge in [0.2, 0.25) is 0 Å². The second-order valence-corrected chi connectivity index (χ2v) is 5.63. The zero-order valence-electron chi connectivity index (χ0n) is 12.3. The smallest absolute Gasteiger partial charge is 0.352 e. The van der Waals surface area contributed by atoms with Crippen LogP contribution in [0, 0.1) is 0 Å². The molecule has 4 nitrogen and oxygen atoms in total. The number of nitrogens with zero attached hydrogens (tertiary/aromatic N) is 3. The Bertz CT molecular complexity index is 488. The van der Waals surface area contributed by atoms with Crippen molar-refractivity contribution < 1.29 is 13.2 Å². The van der Waals surface area contributed by atoms with Crippen LogP contribution < -0.4 is 10.6 Å². The summed E-state index contributed by atoms with van der Waals surface area (Å²) in [7, 11) is 3.92. The molecule has 21 heavy (non-hydrogen) atoms. The fourth-order valence-electron chi connectivity index (χ4n) is 2.77. The Morgan fingerprint density at radius 3 is 2.67 bits per heavy atom. The van der Waals surface area contributed by atoms with Crippen LogP contribution in [0.3, 0.4) is 0 Å². The first kappa shape index (κ1) is 16.0. The van der Waals surface area contributed by atoms with E-state index < -0.39 is 11.9 Å². The number of anilines is 1. The summed E-state index contributed by atoms with van der Waals surface area (Å²) in [6.45, 7) is 1.70. The highest BCUT2D eigenvalue weighted by atomic mass is 19.4. The van der Waals surface area contributed by atoms with Gasteiger partial charge in [-0.2, -0.15) is 13.2 Å². The van der Waals surface area contributed by atoms with Crippen molar-refractivity contribution in [3.63, 3.8) is 0 Å². The number of likely N-dealkylation sites (N-methyl/N-ethyl adjacent to an activating group) is 1. The van der Waals surface area contributed by atoms with Gasteiger partial charge < -0.3 is 15.5 Å². The summed E-state index contributed by atoms with van der Waals surface area (Å²) >= 11 is 0. The Labute approximate surface area is 122 Å². The molecular weight excluding hydrogens is 281 g/mol. The molecule has 1 aromatic heterocycles. The van der Waals surface area contributed by atoms with Gasteiger partial charge >= 0.3 is 6.18 Å². The first-order valence-electron chi connectivity index (χ1n) is 7.01. The first-order valence-corrected chi connectivity index (χ1v) is 7.01. The maximum absolute atomic E-state index is 12.9. The largest absolute Gasteiger partial charge is 0.433 e. The molecule has 0 radical (unpaired) electrons. The van der Waals surface area contributed by atoms with Crippen LogP contribution in [0.25, 0.3) is 0 Å². The highest BCUT2D eigenvalue weighted by Crippen LogP contribution is 2.33. The van der Waals surface area contributed by atoms with E-state index in [0.717, 1.165) is 32.0 Å². The van der Waals surface area contributed by atoms with Gasteiger partial charge in [-0.05, 0) is 33.0 Å². The van der Waals surface area contributed by atoms with E-state index in [1.807, 2.05) is 23.9 Å². The van der Waals surface area contributed by atoms with Gasteiger partial charge in [0.05, 0.1) is 0 Å². The van der Waals surface area contributed by atoms with Crippen LogP contribution >= 0.6 is 0 Å². The molecule has 1 unspecified atom stereocenters. The summed E-state index contributed by atoms with van der Waals surface area (Å²) in [5.74, 6) is 0.386. The molecule has 1 saturated heterocycles. The summed E-state index contributed by atoms with van der Waals surface area (Å²) in [5.41, 5.74) is 5.47. The van der Waals surface area contributed by atoms with Crippen molar-refractivity contribution in [2.75, 3.05) is 32.1 Å². The van der Waals surface area contributed by atoms with Crippen LogP contribution in [-0.4, -0.2) is 43.1 Å². The molecule has 0 bridgehead atoms. The van der Waals surface area contributed by atoms with E-state index >= 15 is 0 Å². The van der Waals surface area contributed by atoms with E-state index in [1.165, 1.54) is 6.07 Å². The Morgan fingerprint density at radius 1 is 1.38 bits per heavy atom. The van der Waals surface area contributed by atoms with Crippen LogP contribution in [0.2, 0.25) is 0 Å². The molecule has 2 N–H and O–H groups in total. The summed E-state index contributed by atoms with van der Waals surface area (Å²) in [6.07, 6.45) is -2.51. The second kappa shape index (κ2) is 6.19. The second-order valence-electron chi connectivity index (χ2n) is 5.63. The van der Waals surface area contributed by atoms with Crippen molar-refractivity contribution in [2.24, 2.45) is 5.73 Å². The van der Waals surface area contributed by atoms with Gasteiger partial charge in [0.15, 0.2) is 0 Å². The van der Waals surface area contributed by atoms with Crippen molar-refractivity contribution in [2.45, 2.75) is 31.6 Å². The molecule has 2 rings (SSSR count). The number of hydrogen-bond donors (Lipinski definition) is 1. The van der Waals surface area contributed by atoms with Crippen LogP contribution in [0.5, 0.6) is 0 Å². The van der Waals surface area contributed by atoms with E-state index in [1.54, 1.807) is 0 Å². The third-order valence-corrected chi connectivity index (χ3v) is 3.69. The molecule has 0 amide bonds. The van der Waals surface area contributed by atoms with Gasteiger partial charge in [-0.15, -0.1) is 0 Å². The summed E-state index contributed by atoms with van der Waals surface area (Å²) in [4.78, 5) is 7.87. The molecule has 0 spiro atoms. The number of aromatic nitrogens is 1. The number of nitrogens with two attached hydrogens (primary N) is 1. The molecule has 0 aliphatic carbocycles. The minimum absolute atomic E-state index is 0.182. The molecule has 1 fully saturated rings. The van der Waals surface area contributed by atoms with E-state index in [4.69, 9.17) is 5.73 Å². The van der Waals surface area contributed by atoms with Gasteiger partial charge in [-0.1, -0.05) is 6.07 Å². The molecule has 2 heterocycles. The van der Waals surface area contributed by atoms with E-state index in [2.05, 4.69) is 4.98 Å². The minimum Gasteiger partial charge on any atom is -0.352 e. The standard InChI is InChI=1S/C14H21F3N4/c1-20(2)9-11-4-3-7-21(11)13-10(8-18)5-6-12(19-13)14(15,16)17/h5-6,11H,3-4,7-9,18H2,1-2H3. The normalized spacial score (nSPS) is 19.6. The fraction of sp³-hybridized carbons (Fsp3) is 0.643. The topological polar surface area (TPSA) is 45.4 Å². The lowest BCUT2D eigenvalue weighted by molar-refractivity contribution is -0.141. The van der Waals surface area contributed by atoms with Crippen molar-refractivity contribution >= 4 is 5.82 Å². The fourth-order valence-corrected chi connectivity index (χ4v) is 2.77. The monoisotopic (exact) mass is 302 g/mol. The number of rotatable bonds is 4. The molecule has 1 atom stereocenters. The SMILES string of the molecule is CN(C)CC1CCCN1c1nc(C(F)(F)F)ccc1CN. The Balaban J connectivity index is 2.36. The molecular formula is C14H21F3N4. The maximum atomic E-state index is 12.9. The predicted octanol–water partition coefficient (Wildman–Crippen LogP) is 2.09. The van der Waals surface area contributed by atoms with Gasteiger partial charge in [0.1, 0.15) is 11.5 Å². The number of halogens is 3. The maximum Gasteiger partial charge on any atom is 0.433 e. The predicted molar refractivity (Wildman–Crippen MR) is 76.1 cm³/mol. The lowest BCUT2D eigenvalue weighted by atomic mass is 10.1. The van der Waals surface area contributed by atoms with Crippen LogP contribution in [0.15, 0.2) is 12.1 Å². The highest BCUT2D eigenvalue weighted by molar-refractivity contribution is 5.50. The average Bonchev–Trinajstić information content (AvgIpc) is 2.84. The minimum atomic E-state index is -4.43. The van der Waals surface area contributed by atoms with Gasteiger partial charge in [-0.3, -0.25) is 0 Å². The number of alkyl halides is 3. The van der Waals surface area contributed by atoms with Gasteiger partial charge in [0, 0.05) is 31.2 Å². The molecule has 0 aromatic carbocycles. The average molecular weight is 302 g/mol. The molecule has 1 aliphatic heterocycles. The summed E-state index contributed by atoms with van der Waals surface area (Å²) < 4.78 is 38.6. The Kier molecular flexibility index (Phi) is 4.73.